The molecular weight excluding hydrogens is 343 g/mol. The van der Waals surface area contributed by atoms with E-state index < -0.39 is 23.7 Å². The van der Waals surface area contributed by atoms with Gasteiger partial charge in [-0.2, -0.15) is 17.7 Å². The number of aryl methyl sites for hydroxylation is 1. The third kappa shape index (κ3) is 9.12. The summed E-state index contributed by atoms with van der Waals surface area (Å²) in [5.41, 5.74) is -5.65. The molecule has 0 aromatic carbocycles. The third-order valence-corrected chi connectivity index (χ3v) is 7.27. The van der Waals surface area contributed by atoms with Gasteiger partial charge in [-0.25, -0.2) is 8.42 Å². The average Bonchev–Trinajstić information content (AvgIpc) is 2.25. The van der Waals surface area contributed by atoms with Crippen LogP contribution in [0.4, 0.5) is 13.2 Å². The average molecular weight is 361 g/mol. The quantitative estimate of drug-likeness (QED) is 0.273. The van der Waals surface area contributed by atoms with Crippen LogP contribution in [0, 0.1) is 0 Å². The maximum Gasteiger partial charge on any atom is 0.485 e. The van der Waals surface area contributed by atoms with Crippen LogP contribution in [0.25, 0.3) is 0 Å². The van der Waals surface area contributed by atoms with Crippen LogP contribution < -0.4 is 4.57 Å². The highest BCUT2D eigenvalue weighted by Gasteiger charge is 2.36. The molecule has 21 heavy (non-hydrogen) atoms. The van der Waals surface area contributed by atoms with Crippen LogP contribution in [0.15, 0.2) is 29.4 Å². The van der Waals surface area contributed by atoms with E-state index in [1.807, 2.05) is 11.8 Å². The predicted molar refractivity (Wildman–Crippen MR) is 77.4 cm³/mol. The van der Waals surface area contributed by atoms with Crippen molar-refractivity contribution in [2.45, 2.75) is 30.2 Å². The highest BCUT2D eigenvalue weighted by Crippen LogP contribution is 2.20. The van der Waals surface area contributed by atoms with Gasteiger partial charge in [0.2, 0.25) is 5.03 Å². The summed E-state index contributed by atoms with van der Waals surface area (Å²) < 4.78 is 61.1. The molecule has 0 atom stereocenters. The molecule has 4 nitrogen and oxygen atoms in total. The van der Waals surface area contributed by atoms with Gasteiger partial charge in [0.25, 0.3) is 0 Å². The normalized spacial score (nSPS) is 12.6. The minimum atomic E-state index is -6.09. The fraction of sp³-hybridized carbons (Fsp3) is 0.545. The van der Waals surface area contributed by atoms with Gasteiger partial charge in [-0.15, -0.1) is 0 Å². The lowest BCUT2D eigenvalue weighted by atomic mass is 10.5. The Morgan fingerprint density at radius 1 is 1.29 bits per heavy atom. The molecule has 0 radical (unpaired) electrons. The number of hydrogen-bond acceptors (Lipinski definition) is 4. The molecule has 0 saturated carbocycles. The van der Waals surface area contributed by atoms with Crippen molar-refractivity contribution in [3.05, 3.63) is 24.4 Å². The van der Waals surface area contributed by atoms with Gasteiger partial charge >= 0.3 is 5.51 Å². The summed E-state index contributed by atoms with van der Waals surface area (Å²) >= 11 is 1.98. The highest BCUT2D eigenvalue weighted by atomic mass is 32.2. The van der Waals surface area contributed by atoms with Crippen molar-refractivity contribution in [3.63, 3.8) is 0 Å². The van der Waals surface area contributed by atoms with E-state index in [0.717, 1.165) is 0 Å². The predicted octanol–water partition coefficient (Wildman–Crippen LogP) is 2.53. The molecule has 0 amide bonds. The lowest BCUT2D eigenvalue weighted by Gasteiger charge is -2.13. The minimum Gasteiger partial charge on any atom is -0.741 e. The first-order chi connectivity index (χ1) is 9.24. The summed E-state index contributed by atoms with van der Waals surface area (Å²) in [7, 11) is -4.90. The lowest BCUT2D eigenvalue weighted by Crippen LogP contribution is -2.32. The van der Waals surface area contributed by atoms with Crippen LogP contribution in [0.5, 0.6) is 0 Å². The number of alkyl halides is 3. The molecular formula is C11H18F3NO3S2Si. The standard InChI is InChI=1S/C10H18NSSi.CHF3O3S/c1-11-8-6-5-7-10(11)12-9-13(2,3)4;2-1(3,4)8(5,6)7/h5-8H,9H2,1-4H3;(H,5,6,7)/q+1;/p-1. The molecule has 0 saturated heterocycles. The van der Waals surface area contributed by atoms with Crippen LogP contribution in [-0.2, 0) is 17.2 Å². The molecule has 0 spiro atoms. The first-order valence-electron chi connectivity index (χ1n) is 5.84. The number of rotatable bonds is 3. The Morgan fingerprint density at radius 3 is 2.10 bits per heavy atom. The van der Waals surface area contributed by atoms with E-state index in [9.17, 15) is 13.2 Å². The number of thioether (sulfide) groups is 1. The summed E-state index contributed by atoms with van der Waals surface area (Å²) in [5.74, 6) is 0. The van der Waals surface area contributed by atoms with Crippen molar-refractivity contribution in [1.82, 2.24) is 0 Å². The van der Waals surface area contributed by atoms with Crippen molar-refractivity contribution in [2.75, 3.05) is 5.38 Å². The van der Waals surface area contributed by atoms with Crippen LogP contribution in [0.1, 0.15) is 0 Å². The van der Waals surface area contributed by atoms with E-state index in [1.165, 1.54) is 10.4 Å². The van der Waals surface area contributed by atoms with Crippen LogP contribution in [-0.4, -0.2) is 31.9 Å². The Morgan fingerprint density at radius 2 is 1.76 bits per heavy atom. The van der Waals surface area contributed by atoms with Crippen LogP contribution >= 0.6 is 11.8 Å². The van der Waals surface area contributed by atoms with Gasteiger partial charge in [-0.1, -0.05) is 31.4 Å². The number of aromatic nitrogens is 1. The molecule has 10 heteroatoms. The van der Waals surface area contributed by atoms with Crippen LogP contribution in [0.2, 0.25) is 19.6 Å². The molecule has 1 heterocycles. The minimum absolute atomic E-state index is 0.913. The van der Waals surface area contributed by atoms with Crippen molar-refractivity contribution in [1.29, 1.82) is 0 Å². The fourth-order valence-corrected chi connectivity index (χ4v) is 3.71. The monoisotopic (exact) mass is 361 g/mol. The fourth-order valence-electron chi connectivity index (χ4n) is 0.948. The molecule has 1 rings (SSSR count). The molecule has 0 aliphatic carbocycles. The molecule has 0 N–H and O–H groups in total. The van der Waals surface area contributed by atoms with Crippen molar-refractivity contribution in [2.24, 2.45) is 7.05 Å². The second-order valence-electron chi connectivity index (χ2n) is 5.40. The zero-order chi connectivity index (χ0) is 16.9. The van der Waals surface area contributed by atoms with E-state index in [-0.39, 0.29) is 0 Å². The Labute approximate surface area is 128 Å². The van der Waals surface area contributed by atoms with E-state index in [4.69, 9.17) is 13.0 Å². The largest absolute Gasteiger partial charge is 0.741 e. The lowest BCUT2D eigenvalue weighted by molar-refractivity contribution is -0.708. The molecule has 122 valence electrons. The zero-order valence-corrected chi connectivity index (χ0v) is 14.8. The molecule has 1 aromatic heterocycles. The van der Waals surface area contributed by atoms with Gasteiger partial charge < -0.3 is 4.55 Å². The van der Waals surface area contributed by atoms with Gasteiger partial charge in [0.15, 0.2) is 16.3 Å². The van der Waals surface area contributed by atoms with E-state index >= 15 is 0 Å². The zero-order valence-electron chi connectivity index (χ0n) is 12.1. The Bertz CT molecular complexity index is 557. The molecule has 0 fully saturated rings. The van der Waals surface area contributed by atoms with E-state index in [2.05, 4.69) is 55.7 Å². The number of nitrogens with zero attached hydrogens (tertiary/aromatic N) is 1. The topological polar surface area (TPSA) is 61.1 Å². The number of halogens is 3. The SMILES string of the molecule is C[n+]1ccccc1SC[Si](C)(C)C.O=S(=O)([O-])C(F)(F)F. The molecule has 0 unspecified atom stereocenters. The summed E-state index contributed by atoms with van der Waals surface area (Å²) in [4.78, 5) is 0. The van der Waals surface area contributed by atoms with E-state index in [0.29, 0.717) is 0 Å². The molecule has 1 aromatic rings. The summed E-state index contributed by atoms with van der Waals surface area (Å²) in [6, 6.07) is 6.36. The van der Waals surface area contributed by atoms with Crippen molar-refractivity contribution in [3.8, 4) is 0 Å². The van der Waals surface area contributed by atoms with Crippen molar-refractivity contribution >= 4 is 30.0 Å². The van der Waals surface area contributed by atoms with Gasteiger partial charge in [-0.05, 0) is 11.4 Å². The van der Waals surface area contributed by atoms with Gasteiger partial charge in [0.05, 0.1) is 8.07 Å². The second kappa shape index (κ2) is 7.61. The van der Waals surface area contributed by atoms with E-state index in [1.54, 1.807) is 0 Å². The summed E-state index contributed by atoms with van der Waals surface area (Å²) in [6.45, 7) is 7.22. The number of hydrogen-bond donors (Lipinski definition) is 0. The number of pyridine rings is 1. The Kier molecular flexibility index (Phi) is 7.40. The maximum absolute atomic E-state index is 10.7. The maximum atomic E-state index is 10.7. The Hall–Kier alpha value is -0.583. The molecule has 0 aliphatic heterocycles. The van der Waals surface area contributed by atoms with Gasteiger partial charge in [-0.3, -0.25) is 0 Å². The summed E-state index contributed by atoms with van der Waals surface area (Å²) in [5, 5.41) is 2.66. The van der Waals surface area contributed by atoms with Crippen molar-refractivity contribution < 1.29 is 30.7 Å². The summed E-state index contributed by atoms with van der Waals surface area (Å²) in [6.07, 6.45) is 2.10. The second-order valence-corrected chi connectivity index (χ2v) is 13.8. The highest BCUT2D eigenvalue weighted by molar-refractivity contribution is 8.00. The first-order valence-corrected chi connectivity index (χ1v) is 11.9. The molecule has 0 aliphatic rings. The third-order valence-electron chi connectivity index (χ3n) is 1.94. The van der Waals surface area contributed by atoms with Gasteiger partial charge in [0.1, 0.15) is 7.05 Å². The Balaban J connectivity index is 0.000000433. The molecule has 0 bridgehead atoms. The van der Waals surface area contributed by atoms with Gasteiger partial charge in [0, 0.05) is 12.1 Å². The van der Waals surface area contributed by atoms with Crippen LogP contribution in [0.3, 0.4) is 0 Å². The smallest absolute Gasteiger partial charge is 0.485 e. The first kappa shape index (κ1) is 20.4.